The SMILES string of the molecule is CCCn1c(N)nc2c1CCOC2.Cl. The van der Waals surface area contributed by atoms with Crippen LogP contribution < -0.4 is 5.73 Å². The van der Waals surface area contributed by atoms with E-state index in [1.807, 2.05) is 0 Å². The van der Waals surface area contributed by atoms with E-state index in [4.69, 9.17) is 10.5 Å². The number of nitrogens with two attached hydrogens (primary N) is 1. The molecule has 0 bridgehead atoms. The maximum atomic E-state index is 5.80. The van der Waals surface area contributed by atoms with E-state index in [9.17, 15) is 0 Å². The van der Waals surface area contributed by atoms with Gasteiger partial charge in [-0.05, 0) is 6.42 Å². The highest BCUT2D eigenvalue weighted by Gasteiger charge is 2.17. The molecule has 0 saturated heterocycles. The van der Waals surface area contributed by atoms with Gasteiger partial charge in [0.05, 0.1) is 18.9 Å². The molecular weight excluding hydrogens is 202 g/mol. The van der Waals surface area contributed by atoms with Crippen LogP contribution in [0.1, 0.15) is 24.7 Å². The number of nitrogen functional groups attached to an aromatic ring is 1. The number of hydrogen-bond acceptors (Lipinski definition) is 3. The average molecular weight is 218 g/mol. The molecule has 2 rings (SSSR count). The van der Waals surface area contributed by atoms with Gasteiger partial charge in [-0.25, -0.2) is 4.98 Å². The fourth-order valence-electron chi connectivity index (χ4n) is 1.76. The zero-order valence-electron chi connectivity index (χ0n) is 8.32. The topological polar surface area (TPSA) is 53.1 Å². The summed E-state index contributed by atoms with van der Waals surface area (Å²) in [5, 5.41) is 0. The van der Waals surface area contributed by atoms with Crippen LogP contribution in [0.3, 0.4) is 0 Å². The van der Waals surface area contributed by atoms with E-state index >= 15 is 0 Å². The molecule has 0 atom stereocenters. The van der Waals surface area contributed by atoms with Crippen LogP contribution >= 0.6 is 12.4 Å². The van der Waals surface area contributed by atoms with Gasteiger partial charge in [0.1, 0.15) is 0 Å². The third-order valence-corrected chi connectivity index (χ3v) is 2.35. The zero-order chi connectivity index (χ0) is 9.26. The second-order valence-electron chi connectivity index (χ2n) is 3.32. The van der Waals surface area contributed by atoms with Crippen molar-refractivity contribution >= 4 is 18.4 Å². The van der Waals surface area contributed by atoms with E-state index < -0.39 is 0 Å². The molecule has 0 aromatic carbocycles. The van der Waals surface area contributed by atoms with Gasteiger partial charge in [0.2, 0.25) is 5.95 Å². The van der Waals surface area contributed by atoms with Crippen LogP contribution in [0.25, 0.3) is 0 Å². The molecule has 4 nitrogen and oxygen atoms in total. The Balaban J connectivity index is 0.000000980. The number of rotatable bonds is 2. The van der Waals surface area contributed by atoms with Crippen molar-refractivity contribution in [2.24, 2.45) is 0 Å². The van der Waals surface area contributed by atoms with E-state index in [0.29, 0.717) is 12.6 Å². The largest absolute Gasteiger partial charge is 0.375 e. The number of aromatic nitrogens is 2. The quantitative estimate of drug-likeness (QED) is 0.814. The maximum Gasteiger partial charge on any atom is 0.200 e. The lowest BCUT2D eigenvalue weighted by Gasteiger charge is -2.14. The summed E-state index contributed by atoms with van der Waals surface area (Å²) in [6.07, 6.45) is 2.04. The molecule has 0 fully saturated rings. The first kappa shape index (κ1) is 11.3. The summed E-state index contributed by atoms with van der Waals surface area (Å²) in [5.74, 6) is 0.636. The van der Waals surface area contributed by atoms with Crippen molar-refractivity contribution in [3.05, 3.63) is 11.4 Å². The van der Waals surface area contributed by atoms with Crippen LogP contribution in [-0.4, -0.2) is 16.2 Å². The molecule has 5 heteroatoms. The zero-order valence-corrected chi connectivity index (χ0v) is 9.14. The Kier molecular flexibility index (Phi) is 3.77. The number of imidazole rings is 1. The van der Waals surface area contributed by atoms with Crippen molar-refractivity contribution < 1.29 is 4.74 Å². The van der Waals surface area contributed by atoms with Gasteiger partial charge < -0.3 is 15.0 Å². The monoisotopic (exact) mass is 217 g/mol. The first-order chi connectivity index (χ1) is 6.33. The standard InChI is InChI=1S/C9H15N3O.ClH/c1-2-4-12-8-3-5-13-6-7(8)11-9(12)10;/h2-6H2,1H3,(H2,10,11);1H. The second-order valence-corrected chi connectivity index (χ2v) is 3.32. The third kappa shape index (κ3) is 1.86. The van der Waals surface area contributed by atoms with Crippen LogP contribution in [0.4, 0.5) is 5.95 Å². The molecule has 1 aliphatic rings. The summed E-state index contributed by atoms with van der Waals surface area (Å²) in [6, 6.07) is 0. The fourth-order valence-corrected chi connectivity index (χ4v) is 1.76. The summed E-state index contributed by atoms with van der Waals surface area (Å²) in [7, 11) is 0. The number of nitrogens with zero attached hydrogens (tertiary/aromatic N) is 2. The summed E-state index contributed by atoms with van der Waals surface area (Å²) in [4.78, 5) is 4.29. The molecule has 0 radical (unpaired) electrons. The van der Waals surface area contributed by atoms with Crippen molar-refractivity contribution in [1.29, 1.82) is 0 Å². The van der Waals surface area contributed by atoms with Crippen molar-refractivity contribution in [3.8, 4) is 0 Å². The van der Waals surface area contributed by atoms with Gasteiger partial charge in [-0.15, -0.1) is 12.4 Å². The van der Waals surface area contributed by atoms with Gasteiger partial charge in [0.15, 0.2) is 0 Å². The molecule has 2 heterocycles. The summed E-state index contributed by atoms with van der Waals surface area (Å²) in [6.45, 7) is 4.53. The number of anilines is 1. The highest BCUT2D eigenvalue weighted by atomic mass is 35.5. The van der Waals surface area contributed by atoms with Gasteiger partial charge in [-0.2, -0.15) is 0 Å². The van der Waals surface area contributed by atoms with E-state index in [2.05, 4.69) is 16.5 Å². The predicted molar refractivity (Wildman–Crippen MR) is 57.5 cm³/mol. The molecule has 0 unspecified atom stereocenters. The summed E-state index contributed by atoms with van der Waals surface area (Å²) >= 11 is 0. The molecule has 0 amide bonds. The molecular formula is C9H16ClN3O. The number of ether oxygens (including phenoxy) is 1. The molecule has 1 aromatic rings. The molecule has 2 N–H and O–H groups in total. The minimum atomic E-state index is 0. The van der Waals surface area contributed by atoms with Crippen LogP contribution in [0.2, 0.25) is 0 Å². The average Bonchev–Trinajstić information content (AvgIpc) is 2.44. The third-order valence-electron chi connectivity index (χ3n) is 2.35. The molecule has 80 valence electrons. The summed E-state index contributed by atoms with van der Waals surface area (Å²) in [5.41, 5.74) is 8.10. The molecule has 14 heavy (non-hydrogen) atoms. The molecule has 1 aromatic heterocycles. The second kappa shape index (κ2) is 4.66. The number of fused-ring (bicyclic) bond motifs is 1. The first-order valence-electron chi connectivity index (χ1n) is 4.74. The van der Waals surface area contributed by atoms with Crippen LogP contribution in [0.15, 0.2) is 0 Å². The Morgan fingerprint density at radius 1 is 1.57 bits per heavy atom. The highest BCUT2D eigenvalue weighted by molar-refractivity contribution is 5.85. The Bertz CT molecular complexity index is 311. The van der Waals surface area contributed by atoms with E-state index in [0.717, 1.165) is 31.7 Å². The normalized spacial score (nSPS) is 14.6. The lowest BCUT2D eigenvalue weighted by atomic mass is 10.2. The Morgan fingerprint density at radius 2 is 2.36 bits per heavy atom. The van der Waals surface area contributed by atoms with Gasteiger partial charge >= 0.3 is 0 Å². The Hall–Kier alpha value is -0.740. The number of halogens is 1. The molecule has 1 aliphatic heterocycles. The van der Waals surface area contributed by atoms with Gasteiger partial charge in [-0.3, -0.25) is 0 Å². The smallest absolute Gasteiger partial charge is 0.200 e. The highest BCUT2D eigenvalue weighted by Crippen LogP contribution is 2.19. The minimum Gasteiger partial charge on any atom is -0.375 e. The number of hydrogen-bond donors (Lipinski definition) is 1. The van der Waals surface area contributed by atoms with Crippen LogP contribution in [0, 0.1) is 0 Å². The van der Waals surface area contributed by atoms with Crippen molar-refractivity contribution in [1.82, 2.24) is 9.55 Å². The summed E-state index contributed by atoms with van der Waals surface area (Å²) < 4.78 is 7.42. The Morgan fingerprint density at radius 3 is 3.07 bits per heavy atom. The van der Waals surface area contributed by atoms with Crippen molar-refractivity contribution in [2.75, 3.05) is 12.3 Å². The maximum absolute atomic E-state index is 5.80. The Labute approximate surface area is 89.9 Å². The van der Waals surface area contributed by atoms with Gasteiger partial charge in [0.25, 0.3) is 0 Å². The van der Waals surface area contributed by atoms with Crippen LogP contribution in [-0.2, 0) is 24.3 Å². The lowest BCUT2D eigenvalue weighted by molar-refractivity contribution is 0.106. The fraction of sp³-hybridized carbons (Fsp3) is 0.667. The van der Waals surface area contributed by atoms with E-state index in [1.165, 1.54) is 5.69 Å². The lowest BCUT2D eigenvalue weighted by Crippen LogP contribution is -2.14. The van der Waals surface area contributed by atoms with E-state index in [-0.39, 0.29) is 12.4 Å². The molecule has 0 saturated carbocycles. The first-order valence-corrected chi connectivity index (χ1v) is 4.74. The minimum absolute atomic E-state index is 0. The molecule has 0 aliphatic carbocycles. The van der Waals surface area contributed by atoms with Gasteiger partial charge in [0, 0.05) is 18.7 Å². The van der Waals surface area contributed by atoms with E-state index in [1.54, 1.807) is 0 Å². The molecule has 0 spiro atoms. The van der Waals surface area contributed by atoms with Crippen molar-refractivity contribution in [3.63, 3.8) is 0 Å². The van der Waals surface area contributed by atoms with Crippen molar-refractivity contribution in [2.45, 2.75) is 32.9 Å². The van der Waals surface area contributed by atoms with Crippen LogP contribution in [0.5, 0.6) is 0 Å². The predicted octanol–water partition coefficient (Wildman–Crippen LogP) is 1.37. The van der Waals surface area contributed by atoms with Gasteiger partial charge in [-0.1, -0.05) is 6.92 Å².